The van der Waals surface area contributed by atoms with Crippen molar-refractivity contribution in [3.8, 4) is 45.0 Å². The number of nitrogens with zero attached hydrogens (tertiary/aromatic N) is 6. The van der Waals surface area contributed by atoms with Crippen LogP contribution >= 0.6 is 0 Å². The van der Waals surface area contributed by atoms with Gasteiger partial charge < -0.3 is 14.0 Å². The molecule has 0 atom stereocenters. The van der Waals surface area contributed by atoms with E-state index in [1.54, 1.807) is 12.4 Å². The van der Waals surface area contributed by atoms with E-state index < -0.39 is 0 Å². The lowest BCUT2D eigenvalue weighted by atomic mass is 10.0. The highest BCUT2D eigenvalue weighted by molar-refractivity contribution is 6.19. The molecule has 59 heavy (non-hydrogen) atoms. The molecule has 0 bridgehead atoms. The molecule has 0 aliphatic rings. The van der Waals surface area contributed by atoms with Crippen LogP contribution in [0.2, 0.25) is 0 Å². The Kier molecular flexibility index (Phi) is 8.37. The quantitative estimate of drug-likeness (QED) is 0.155. The molecule has 0 radical (unpaired) electrons. The van der Waals surface area contributed by atoms with Crippen LogP contribution < -0.4 is 4.90 Å². The van der Waals surface area contributed by atoms with E-state index in [4.69, 9.17) is 0 Å². The van der Waals surface area contributed by atoms with E-state index in [2.05, 4.69) is 205 Å². The highest BCUT2D eigenvalue weighted by atomic mass is 15.1. The highest BCUT2D eigenvalue weighted by Crippen LogP contribution is 2.41. The fraction of sp³-hybridized carbons (Fsp3) is 0. The Morgan fingerprint density at radius 2 is 0.915 bits per heavy atom. The first-order chi connectivity index (χ1) is 29.3. The van der Waals surface area contributed by atoms with Crippen LogP contribution in [0.4, 0.5) is 17.1 Å². The van der Waals surface area contributed by atoms with Gasteiger partial charge in [-0.05, 0) is 138 Å². The highest BCUT2D eigenvalue weighted by Gasteiger charge is 2.19. The smallest absolute Gasteiger partial charge is 0.159 e. The lowest BCUT2D eigenvalue weighted by molar-refractivity contribution is 1.13. The maximum atomic E-state index is 4.46. The van der Waals surface area contributed by atoms with Crippen molar-refractivity contribution in [2.45, 2.75) is 0 Å². The molecule has 0 fully saturated rings. The number of rotatable bonds is 8. The fourth-order valence-electron chi connectivity index (χ4n) is 8.37. The lowest BCUT2D eigenvalue weighted by Gasteiger charge is -2.26. The normalized spacial score (nSPS) is 11.4. The van der Waals surface area contributed by atoms with Crippen LogP contribution in [-0.2, 0) is 0 Å². The van der Waals surface area contributed by atoms with Crippen LogP contribution in [0.1, 0.15) is 0 Å². The zero-order valence-corrected chi connectivity index (χ0v) is 32.0. The molecular weight excluding hydrogens is 721 g/mol. The summed E-state index contributed by atoms with van der Waals surface area (Å²) >= 11 is 0. The second-order valence-electron chi connectivity index (χ2n) is 14.6. The summed E-state index contributed by atoms with van der Waals surface area (Å²) in [4.78, 5) is 15.4. The molecule has 11 rings (SSSR count). The predicted octanol–water partition coefficient (Wildman–Crippen LogP) is 13.4. The van der Waals surface area contributed by atoms with Crippen LogP contribution in [0.15, 0.2) is 219 Å². The van der Waals surface area contributed by atoms with E-state index in [-0.39, 0.29) is 0 Å². The van der Waals surface area contributed by atoms with Gasteiger partial charge in [-0.3, -0.25) is 4.98 Å². The van der Waals surface area contributed by atoms with Crippen LogP contribution in [0.5, 0.6) is 0 Å². The lowest BCUT2D eigenvalue weighted by Crippen LogP contribution is -2.09. The van der Waals surface area contributed by atoms with Gasteiger partial charge >= 0.3 is 0 Å². The van der Waals surface area contributed by atoms with Gasteiger partial charge in [0.1, 0.15) is 0 Å². The van der Waals surface area contributed by atoms with Crippen molar-refractivity contribution >= 4 is 49.8 Å². The summed E-state index contributed by atoms with van der Waals surface area (Å²) in [7, 11) is 0. The number of pyridine rings is 1. The summed E-state index contributed by atoms with van der Waals surface area (Å²) in [6.45, 7) is 0. The van der Waals surface area contributed by atoms with Crippen molar-refractivity contribution in [2.75, 3.05) is 4.90 Å². The minimum atomic E-state index is 0.704. The summed E-state index contributed by atoms with van der Waals surface area (Å²) < 4.78 is 4.70. The van der Waals surface area contributed by atoms with Crippen molar-refractivity contribution in [3.63, 3.8) is 0 Å². The standard InChI is InChI=1S/C53H36N6/c1-3-8-42(9-4-1)57-35-30-48-50(57)27-25-47-49-36-41(18-26-51(49)59(52(47)48)43-10-5-2-6-11-43)38-14-21-45(22-15-38)58(44-19-12-37(13-20-44)39-28-33-54-34-29-39)46-23-16-40(17-24-46)53-55-31-7-32-56-53/h1-36H. The molecule has 7 aromatic carbocycles. The van der Waals surface area contributed by atoms with Crippen molar-refractivity contribution in [1.82, 2.24) is 24.1 Å². The molecule has 0 amide bonds. The molecule has 0 N–H and O–H groups in total. The maximum Gasteiger partial charge on any atom is 0.159 e. The first-order valence-electron chi connectivity index (χ1n) is 19.7. The topological polar surface area (TPSA) is 51.8 Å². The number of para-hydroxylation sites is 2. The number of anilines is 3. The van der Waals surface area contributed by atoms with Gasteiger partial charge in [-0.15, -0.1) is 0 Å². The summed E-state index contributed by atoms with van der Waals surface area (Å²) in [6, 6.07) is 66.9. The zero-order valence-electron chi connectivity index (χ0n) is 32.0. The Morgan fingerprint density at radius 1 is 0.373 bits per heavy atom. The van der Waals surface area contributed by atoms with Crippen LogP contribution in [-0.4, -0.2) is 24.1 Å². The Morgan fingerprint density at radius 3 is 1.56 bits per heavy atom. The second kappa shape index (κ2) is 14.4. The van der Waals surface area contributed by atoms with Crippen molar-refractivity contribution in [3.05, 3.63) is 219 Å². The van der Waals surface area contributed by atoms with E-state index in [0.29, 0.717) is 5.82 Å². The molecule has 0 saturated carbocycles. The minimum Gasteiger partial charge on any atom is -0.316 e. The number of hydrogen-bond donors (Lipinski definition) is 0. The summed E-state index contributed by atoms with van der Waals surface area (Å²) in [5, 5.41) is 3.67. The second-order valence-corrected chi connectivity index (χ2v) is 14.6. The van der Waals surface area contributed by atoms with Gasteiger partial charge in [0.05, 0.1) is 16.6 Å². The number of fused-ring (bicyclic) bond motifs is 5. The van der Waals surface area contributed by atoms with Crippen molar-refractivity contribution in [1.29, 1.82) is 0 Å². The van der Waals surface area contributed by atoms with Crippen molar-refractivity contribution < 1.29 is 0 Å². The summed E-state index contributed by atoms with van der Waals surface area (Å²) in [6.07, 6.45) is 9.39. The molecule has 6 nitrogen and oxygen atoms in total. The molecule has 0 aliphatic carbocycles. The van der Waals surface area contributed by atoms with Crippen LogP contribution in [0.3, 0.4) is 0 Å². The molecule has 4 aromatic heterocycles. The van der Waals surface area contributed by atoms with Gasteiger partial charge in [0.2, 0.25) is 0 Å². The number of benzene rings is 7. The molecule has 6 heteroatoms. The van der Waals surface area contributed by atoms with Gasteiger partial charge in [-0.2, -0.15) is 0 Å². The van der Waals surface area contributed by atoms with Crippen LogP contribution in [0, 0.1) is 0 Å². The van der Waals surface area contributed by atoms with E-state index in [9.17, 15) is 0 Å². The third-order valence-corrected chi connectivity index (χ3v) is 11.2. The first-order valence-corrected chi connectivity index (χ1v) is 19.7. The number of hydrogen-bond acceptors (Lipinski definition) is 4. The third-order valence-electron chi connectivity index (χ3n) is 11.2. The Bertz CT molecular complexity index is 3130. The van der Waals surface area contributed by atoms with Gasteiger partial charge in [0.25, 0.3) is 0 Å². The Labute approximate surface area is 341 Å². The fourth-order valence-corrected chi connectivity index (χ4v) is 8.37. The summed E-state index contributed by atoms with van der Waals surface area (Å²) in [5.74, 6) is 0.704. The van der Waals surface area contributed by atoms with E-state index in [1.165, 1.54) is 38.3 Å². The first kappa shape index (κ1) is 34.2. The maximum absolute atomic E-state index is 4.46. The third kappa shape index (κ3) is 6.11. The molecule has 278 valence electrons. The Hall–Kier alpha value is -8.09. The molecule has 0 saturated heterocycles. The molecule has 4 heterocycles. The minimum absolute atomic E-state index is 0.704. The molecule has 11 aromatic rings. The molecule has 0 spiro atoms. The largest absolute Gasteiger partial charge is 0.316 e. The van der Waals surface area contributed by atoms with Crippen molar-refractivity contribution in [2.24, 2.45) is 0 Å². The monoisotopic (exact) mass is 756 g/mol. The van der Waals surface area contributed by atoms with Gasteiger partial charge in [0.15, 0.2) is 5.82 Å². The predicted molar refractivity (Wildman–Crippen MR) is 242 cm³/mol. The van der Waals surface area contributed by atoms with E-state index in [1.807, 2.05) is 30.6 Å². The van der Waals surface area contributed by atoms with Gasteiger partial charge in [-0.1, -0.05) is 72.8 Å². The van der Waals surface area contributed by atoms with E-state index in [0.717, 1.165) is 50.7 Å². The van der Waals surface area contributed by atoms with Crippen LogP contribution in [0.25, 0.3) is 77.7 Å². The average molecular weight is 757 g/mol. The Balaban J connectivity index is 1.00. The average Bonchev–Trinajstić information content (AvgIpc) is 3.90. The molecular formula is C53H36N6. The zero-order chi connectivity index (χ0) is 39.1. The van der Waals surface area contributed by atoms with Gasteiger partial charge in [0, 0.05) is 81.1 Å². The molecule has 0 aliphatic heterocycles. The van der Waals surface area contributed by atoms with E-state index >= 15 is 0 Å². The number of aromatic nitrogens is 5. The summed E-state index contributed by atoms with van der Waals surface area (Å²) in [5.41, 5.74) is 14.6. The molecule has 0 unspecified atom stereocenters. The SMILES string of the molecule is c1ccc(-n2ccc3c2ccc2c4cc(-c5ccc(N(c6ccc(-c7ccncc7)cc6)c6ccc(-c7ncccn7)cc6)cc5)ccc4n(-c4ccccc4)c23)cc1. The van der Waals surface area contributed by atoms with Gasteiger partial charge in [-0.25, -0.2) is 9.97 Å².